The summed E-state index contributed by atoms with van der Waals surface area (Å²) in [5.41, 5.74) is 1.26. The highest BCUT2D eigenvalue weighted by atomic mass is 32.2. The summed E-state index contributed by atoms with van der Waals surface area (Å²) in [6.45, 7) is 1.74. The number of aliphatic carboxylic acids is 1. The van der Waals surface area contributed by atoms with Crippen molar-refractivity contribution < 1.29 is 9.90 Å². The summed E-state index contributed by atoms with van der Waals surface area (Å²) in [6.07, 6.45) is 1.20. The molecule has 1 rings (SSSR count). The van der Waals surface area contributed by atoms with Gasteiger partial charge in [-0.1, -0.05) is 54.3 Å². The molecule has 0 aromatic heterocycles. The summed E-state index contributed by atoms with van der Waals surface area (Å²) < 4.78 is -0.0738. The van der Waals surface area contributed by atoms with Crippen LogP contribution in [0.1, 0.15) is 25.3 Å². The highest BCUT2D eigenvalue weighted by molar-refractivity contribution is 8.47. The second-order valence-corrected chi connectivity index (χ2v) is 8.47. The molecule has 6 heteroatoms. The second-order valence-electron chi connectivity index (χ2n) is 4.67. The predicted molar refractivity (Wildman–Crippen MR) is 93.7 cm³/mol. The van der Waals surface area contributed by atoms with E-state index in [-0.39, 0.29) is 6.42 Å². The molecule has 0 fully saturated rings. The van der Waals surface area contributed by atoms with Crippen molar-refractivity contribution in [2.24, 2.45) is 0 Å². The van der Waals surface area contributed by atoms with Gasteiger partial charge in [0, 0.05) is 12.2 Å². The Morgan fingerprint density at radius 2 is 2.10 bits per heavy atom. The Bertz CT molecular complexity index is 527. The van der Waals surface area contributed by atoms with Gasteiger partial charge in [0.1, 0.15) is 8.28 Å². The number of rotatable bonds is 7. The molecule has 0 heterocycles. The molecule has 1 unspecified atom stereocenters. The van der Waals surface area contributed by atoms with Gasteiger partial charge >= 0.3 is 5.97 Å². The van der Waals surface area contributed by atoms with Gasteiger partial charge in [-0.2, -0.15) is 5.26 Å². The largest absolute Gasteiger partial charge is 0.481 e. The maximum Gasteiger partial charge on any atom is 0.303 e. The summed E-state index contributed by atoms with van der Waals surface area (Å²) in [6, 6.07) is 12.3. The lowest BCUT2D eigenvalue weighted by atomic mass is 10.1. The van der Waals surface area contributed by atoms with Gasteiger partial charge in [-0.3, -0.25) is 4.79 Å². The van der Waals surface area contributed by atoms with Crippen LogP contribution in [0.3, 0.4) is 0 Å². The van der Waals surface area contributed by atoms with Gasteiger partial charge in [-0.25, -0.2) is 0 Å². The van der Waals surface area contributed by atoms with E-state index in [4.69, 9.17) is 17.3 Å². The summed E-state index contributed by atoms with van der Waals surface area (Å²) in [7, 11) is 0. The molecule has 1 N–H and O–H groups in total. The van der Waals surface area contributed by atoms with Gasteiger partial charge in [-0.15, -0.1) is 11.8 Å². The second kappa shape index (κ2) is 9.08. The first kappa shape index (κ1) is 18.0. The monoisotopic (exact) mass is 339 g/mol. The van der Waals surface area contributed by atoms with E-state index in [1.165, 1.54) is 17.3 Å². The van der Waals surface area contributed by atoms with Crippen molar-refractivity contribution in [1.82, 2.24) is 0 Å². The van der Waals surface area contributed by atoms with Gasteiger partial charge < -0.3 is 5.11 Å². The molecule has 21 heavy (non-hydrogen) atoms. The van der Waals surface area contributed by atoms with Gasteiger partial charge in [0.15, 0.2) is 0 Å². The lowest BCUT2D eigenvalue weighted by Gasteiger charge is -2.19. The van der Waals surface area contributed by atoms with Crippen LogP contribution in [0.5, 0.6) is 0 Å². The number of carboxylic acid groups (broad SMARTS) is 1. The zero-order valence-electron chi connectivity index (χ0n) is 11.7. The molecule has 0 saturated carbocycles. The van der Waals surface area contributed by atoms with Crippen LogP contribution in [-0.4, -0.2) is 25.1 Å². The van der Waals surface area contributed by atoms with E-state index in [2.05, 4.69) is 18.2 Å². The smallest absolute Gasteiger partial charge is 0.303 e. The summed E-state index contributed by atoms with van der Waals surface area (Å²) in [5, 5.41) is 17.9. The van der Waals surface area contributed by atoms with Crippen molar-refractivity contribution in [1.29, 1.82) is 5.26 Å². The van der Waals surface area contributed by atoms with Crippen molar-refractivity contribution >= 4 is 45.2 Å². The highest BCUT2D eigenvalue weighted by Crippen LogP contribution is 2.34. The Kier molecular flexibility index (Phi) is 7.79. The number of nitriles is 1. The maximum absolute atomic E-state index is 10.6. The summed E-state index contributed by atoms with van der Waals surface area (Å²) in [4.78, 5) is 10.6. The van der Waals surface area contributed by atoms with E-state index in [9.17, 15) is 10.1 Å². The van der Waals surface area contributed by atoms with Gasteiger partial charge in [0.25, 0.3) is 0 Å². The first-order valence-electron chi connectivity index (χ1n) is 6.48. The van der Waals surface area contributed by atoms with Crippen molar-refractivity contribution in [2.75, 3.05) is 5.75 Å². The van der Waals surface area contributed by atoms with Crippen molar-refractivity contribution in [3.05, 3.63) is 35.9 Å². The van der Waals surface area contributed by atoms with Crippen LogP contribution < -0.4 is 0 Å². The van der Waals surface area contributed by atoms with E-state index in [0.717, 1.165) is 12.2 Å². The lowest BCUT2D eigenvalue weighted by Crippen LogP contribution is -2.20. The van der Waals surface area contributed by atoms with Gasteiger partial charge in [0.2, 0.25) is 0 Å². The fourth-order valence-corrected chi connectivity index (χ4v) is 4.55. The maximum atomic E-state index is 10.6. The van der Waals surface area contributed by atoms with Crippen LogP contribution in [0, 0.1) is 11.3 Å². The van der Waals surface area contributed by atoms with Crippen LogP contribution in [0.4, 0.5) is 0 Å². The van der Waals surface area contributed by atoms with Crippen LogP contribution in [-0.2, 0) is 11.2 Å². The molecule has 1 aromatic rings. The molecule has 1 atom stereocenters. The Balaban J connectivity index is 2.37. The van der Waals surface area contributed by atoms with Crippen LogP contribution in [0.25, 0.3) is 0 Å². The van der Waals surface area contributed by atoms with Gasteiger partial charge in [0.05, 0.1) is 6.07 Å². The molecular weight excluding hydrogens is 322 g/mol. The molecule has 0 bridgehead atoms. The SMILES string of the molecule is CC(C#N)(CCC(=O)O)SC(=S)SCCc1ccccc1. The number of hydrogen-bond acceptors (Lipinski definition) is 5. The minimum Gasteiger partial charge on any atom is -0.481 e. The minimum absolute atomic E-state index is 0.0195. The zero-order chi connectivity index (χ0) is 15.7. The average Bonchev–Trinajstić information content (AvgIpc) is 2.46. The Morgan fingerprint density at radius 3 is 2.67 bits per heavy atom. The van der Waals surface area contributed by atoms with Crippen LogP contribution in [0.2, 0.25) is 0 Å². The fraction of sp³-hybridized carbons (Fsp3) is 0.400. The third-order valence-corrected chi connectivity index (χ3v) is 5.58. The number of thioether (sulfide) groups is 2. The Morgan fingerprint density at radius 1 is 1.43 bits per heavy atom. The predicted octanol–water partition coefficient (Wildman–Crippen LogP) is 4.13. The van der Waals surface area contributed by atoms with Crippen molar-refractivity contribution in [3.63, 3.8) is 0 Å². The average molecular weight is 340 g/mol. The van der Waals surface area contributed by atoms with E-state index < -0.39 is 10.7 Å². The standard InChI is InChI=1S/C15H17NO2S3/c1-15(11-16,9-7-13(17)18)21-14(19)20-10-8-12-5-3-2-4-6-12/h2-6H,7-10H2,1H3,(H,17,18). The lowest BCUT2D eigenvalue weighted by molar-refractivity contribution is -0.137. The number of carbonyl (C=O) groups is 1. The number of carboxylic acids is 1. The Hall–Kier alpha value is -1.03. The normalized spacial score (nSPS) is 13.1. The van der Waals surface area contributed by atoms with Gasteiger partial charge in [-0.05, 0) is 25.3 Å². The third-order valence-electron chi connectivity index (χ3n) is 2.81. The first-order chi connectivity index (χ1) is 9.95. The molecule has 0 spiro atoms. The van der Waals surface area contributed by atoms with E-state index in [1.54, 1.807) is 18.7 Å². The summed E-state index contributed by atoms with van der Waals surface area (Å²) >= 11 is 8.13. The van der Waals surface area contributed by atoms with Crippen LogP contribution >= 0.6 is 35.7 Å². The first-order valence-corrected chi connectivity index (χ1v) is 8.69. The third kappa shape index (κ3) is 7.51. The number of hydrogen-bond donors (Lipinski definition) is 1. The van der Waals surface area contributed by atoms with Crippen molar-refractivity contribution in [3.8, 4) is 6.07 Å². The Labute approximate surface area is 139 Å². The quantitative estimate of drug-likeness (QED) is 0.754. The molecule has 0 aliphatic rings. The number of thiocarbonyl (C=S) groups is 1. The number of nitrogens with zero attached hydrogens (tertiary/aromatic N) is 1. The zero-order valence-corrected chi connectivity index (χ0v) is 14.2. The highest BCUT2D eigenvalue weighted by Gasteiger charge is 2.27. The topological polar surface area (TPSA) is 61.1 Å². The molecule has 0 aliphatic carbocycles. The fourth-order valence-electron chi connectivity index (χ4n) is 1.59. The molecule has 112 valence electrons. The number of aryl methyl sites for hydroxylation is 1. The van der Waals surface area contributed by atoms with Crippen LogP contribution in [0.15, 0.2) is 30.3 Å². The molecule has 3 nitrogen and oxygen atoms in total. The molecule has 0 radical (unpaired) electrons. The summed E-state index contributed by atoms with van der Waals surface area (Å²) in [5.74, 6) is -0.0317. The molecule has 0 aliphatic heterocycles. The molecular formula is C15H17NO2S3. The van der Waals surface area contributed by atoms with E-state index in [1.807, 2.05) is 18.2 Å². The minimum atomic E-state index is -0.889. The molecule has 0 saturated heterocycles. The molecule has 1 aromatic carbocycles. The van der Waals surface area contributed by atoms with Crippen molar-refractivity contribution in [2.45, 2.75) is 30.9 Å². The molecule has 0 amide bonds. The van der Waals surface area contributed by atoms with E-state index >= 15 is 0 Å². The number of benzene rings is 1. The van der Waals surface area contributed by atoms with E-state index in [0.29, 0.717) is 9.95 Å².